The van der Waals surface area contributed by atoms with Crippen molar-refractivity contribution in [3.63, 3.8) is 0 Å². The molecule has 4 rings (SSSR count). The van der Waals surface area contributed by atoms with Crippen molar-refractivity contribution in [2.45, 2.75) is 25.1 Å². The summed E-state index contributed by atoms with van der Waals surface area (Å²) in [5, 5.41) is 13.6. The average Bonchev–Trinajstić information content (AvgIpc) is 3.15. The Hall–Kier alpha value is -3.22. The van der Waals surface area contributed by atoms with E-state index in [0.29, 0.717) is 32.6 Å². The zero-order valence-corrected chi connectivity index (χ0v) is 16.7. The molecule has 2 aromatic carbocycles. The van der Waals surface area contributed by atoms with Crippen LogP contribution < -0.4 is 10.1 Å². The van der Waals surface area contributed by atoms with Crippen LogP contribution in [-0.2, 0) is 17.9 Å². The smallest absolute Gasteiger partial charge is 0.253 e. The molecular formula is C24H25N3O3. The van der Waals surface area contributed by atoms with Gasteiger partial charge < -0.3 is 15.2 Å². The Morgan fingerprint density at radius 2 is 1.87 bits per heavy atom. The summed E-state index contributed by atoms with van der Waals surface area (Å²) < 4.78 is 5.90. The van der Waals surface area contributed by atoms with Crippen molar-refractivity contribution in [2.75, 3.05) is 13.1 Å². The highest BCUT2D eigenvalue weighted by Crippen LogP contribution is 2.26. The third-order valence-corrected chi connectivity index (χ3v) is 5.19. The molecule has 2 N–H and O–H groups in total. The number of carbonyl (C=O) groups excluding carboxylic acids is 1. The van der Waals surface area contributed by atoms with E-state index in [1.165, 1.54) is 0 Å². The maximum atomic E-state index is 12.6. The number of amides is 1. The van der Waals surface area contributed by atoms with Crippen LogP contribution in [-0.4, -0.2) is 39.6 Å². The second kappa shape index (κ2) is 9.07. The van der Waals surface area contributed by atoms with Crippen molar-refractivity contribution in [2.24, 2.45) is 0 Å². The van der Waals surface area contributed by atoms with Crippen LogP contribution in [0.4, 0.5) is 0 Å². The predicted octanol–water partition coefficient (Wildman–Crippen LogP) is 3.13. The fourth-order valence-electron chi connectivity index (χ4n) is 3.62. The molecule has 30 heavy (non-hydrogen) atoms. The monoisotopic (exact) mass is 403 g/mol. The standard InChI is InChI=1S/C24H25N3O3/c28-23(26-16-20-8-4-5-13-25-20)24(29)12-14-27(18-24)17-19-7-6-11-22(15-19)30-21-9-2-1-3-10-21/h1-11,13,15,29H,12,14,16-18H2,(H,26,28). The van der Waals surface area contributed by atoms with Crippen molar-refractivity contribution < 1.29 is 14.6 Å². The van der Waals surface area contributed by atoms with Gasteiger partial charge in [-0.2, -0.15) is 0 Å². The molecule has 0 bridgehead atoms. The average molecular weight is 403 g/mol. The number of aliphatic hydroxyl groups is 1. The van der Waals surface area contributed by atoms with Crippen LogP contribution in [0.1, 0.15) is 17.7 Å². The second-order valence-corrected chi connectivity index (χ2v) is 7.56. The van der Waals surface area contributed by atoms with Crippen LogP contribution >= 0.6 is 0 Å². The number of rotatable bonds is 7. The number of nitrogens with zero attached hydrogens (tertiary/aromatic N) is 2. The molecule has 154 valence electrons. The number of aromatic nitrogens is 1. The molecule has 1 unspecified atom stereocenters. The van der Waals surface area contributed by atoms with E-state index in [-0.39, 0.29) is 5.91 Å². The minimum Gasteiger partial charge on any atom is -0.457 e. The molecule has 0 spiro atoms. The molecule has 1 aliphatic rings. The molecule has 1 aromatic heterocycles. The lowest BCUT2D eigenvalue weighted by molar-refractivity contribution is -0.138. The van der Waals surface area contributed by atoms with E-state index in [4.69, 9.17) is 4.74 Å². The molecule has 0 saturated carbocycles. The maximum absolute atomic E-state index is 12.6. The first-order valence-corrected chi connectivity index (χ1v) is 10.1. The van der Waals surface area contributed by atoms with E-state index in [2.05, 4.69) is 15.2 Å². The van der Waals surface area contributed by atoms with Crippen LogP contribution in [0.25, 0.3) is 0 Å². The summed E-state index contributed by atoms with van der Waals surface area (Å²) in [6.07, 6.45) is 2.09. The third kappa shape index (κ3) is 5.03. The fourth-order valence-corrected chi connectivity index (χ4v) is 3.62. The number of benzene rings is 2. The quantitative estimate of drug-likeness (QED) is 0.634. The zero-order chi connectivity index (χ0) is 20.8. The summed E-state index contributed by atoms with van der Waals surface area (Å²) in [6, 6.07) is 23.1. The highest BCUT2D eigenvalue weighted by Gasteiger charge is 2.42. The Labute approximate surface area is 176 Å². The number of para-hydroxylation sites is 1. The van der Waals surface area contributed by atoms with Gasteiger partial charge >= 0.3 is 0 Å². The van der Waals surface area contributed by atoms with Gasteiger partial charge in [-0.15, -0.1) is 0 Å². The number of hydrogen-bond acceptors (Lipinski definition) is 5. The number of nitrogens with one attached hydrogen (secondary N) is 1. The lowest BCUT2D eigenvalue weighted by Crippen LogP contribution is -2.48. The third-order valence-electron chi connectivity index (χ3n) is 5.19. The molecule has 1 fully saturated rings. The normalized spacial score (nSPS) is 18.8. The Morgan fingerprint density at radius 3 is 2.67 bits per heavy atom. The fraction of sp³-hybridized carbons (Fsp3) is 0.250. The first-order chi connectivity index (χ1) is 14.6. The van der Waals surface area contributed by atoms with Gasteiger partial charge in [0.05, 0.1) is 12.2 Å². The Bertz CT molecular complexity index is 981. The van der Waals surface area contributed by atoms with Gasteiger partial charge in [0.15, 0.2) is 5.60 Å². The predicted molar refractivity (Wildman–Crippen MR) is 114 cm³/mol. The minimum absolute atomic E-state index is 0.296. The summed E-state index contributed by atoms with van der Waals surface area (Å²) in [5.74, 6) is 1.20. The first-order valence-electron chi connectivity index (χ1n) is 10.1. The Kier molecular flexibility index (Phi) is 6.07. The molecule has 0 aliphatic carbocycles. The highest BCUT2D eigenvalue weighted by molar-refractivity contribution is 5.85. The number of likely N-dealkylation sites (tertiary alicyclic amines) is 1. The van der Waals surface area contributed by atoms with Crippen LogP contribution in [0.2, 0.25) is 0 Å². The maximum Gasteiger partial charge on any atom is 0.253 e. The van der Waals surface area contributed by atoms with Gasteiger partial charge in [0.25, 0.3) is 5.91 Å². The van der Waals surface area contributed by atoms with Crippen molar-refractivity contribution in [1.29, 1.82) is 0 Å². The second-order valence-electron chi connectivity index (χ2n) is 7.56. The zero-order valence-electron chi connectivity index (χ0n) is 16.7. The molecule has 6 nitrogen and oxygen atoms in total. The molecular weight excluding hydrogens is 378 g/mol. The molecule has 6 heteroatoms. The van der Waals surface area contributed by atoms with Crippen molar-refractivity contribution in [1.82, 2.24) is 15.2 Å². The number of pyridine rings is 1. The summed E-state index contributed by atoms with van der Waals surface area (Å²) in [6.45, 7) is 1.89. The Balaban J connectivity index is 1.33. The minimum atomic E-state index is -1.38. The van der Waals surface area contributed by atoms with Crippen molar-refractivity contribution >= 4 is 5.91 Å². The SMILES string of the molecule is O=C(NCc1ccccn1)C1(O)CCN(Cc2cccc(Oc3ccccc3)c2)C1. The molecule has 1 saturated heterocycles. The van der Waals surface area contributed by atoms with E-state index >= 15 is 0 Å². The van der Waals surface area contributed by atoms with E-state index < -0.39 is 5.60 Å². The van der Waals surface area contributed by atoms with E-state index in [0.717, 1.165) is 22.8 Å². The van der Waals surface area contributed by atoms with Gasteiger partial charge in [0.2, 0.25) is 0 Å². The van der Waals surface area contributed by atoms with Crippen LogP contribution in [0.3, 0.4) is 0 Å². The van der Waals surface area contributed by atoms with Gasteiger partial charge in [-0.1, -0.05) is 36.4 Å². The van der Waals surface area contributed by atoms with Gasteiger partial charge in [-0.25, -0.2) is 0 Å². The Morgan fingerprint density at radius 1 is 1.07 bits per heavy atom. The number of carbonyl (C=O) groups is 1. The van der Waals surface area contributed by atoms with Crippen molar-refractivity contribution in [3.05, 3.63) is 90.3 Å². The highest BCUT2D eigenvalue weighted by atomic mass is 16.5. The summed E-state index contributed by atoms with van der Waals surface area (Å²) in [7, 11) is 0. The van der Waals surface area contributed by atoms with Gasteiger partial charge in [0, 0.05) is 25.8 Å². The number of ether oxygens (including phenoxy) is 1. The molecule has 2 heterocycles. The molecule has 1 aliphatic heterocycles. The number of hydrogen-bond donors (Lipinski definition) is 2. The van der Waals surface area contributed by atoms with E-state index in [1.807, 2.05) is 72.8 Å². The van der Waals surface area contributed by atoms with Gasteiger partial charge in [-0.3, -0.25) is 14.7 Å². The summed E-state index contributed by atoms with van der Waals surface area (Å²) in [4.78, 5) is 18.8. The lowest BCUT2D eigenvalue weighted by atomic mass is 10.0. The number of β-amino-alcohol motifs (C(OH)–C–C–N with tert-alkyl or cyclic N) is 1. The van der Waals surface area contributed by atoms with E-state index in [9.17, 15) is 9.90 Å². The van der Waals surface area contributed by atoms with Crippen LogP contribution in [0.15, 0.2) is 79.0 Å². The van der Waals surface area contributed by atoms with Gasteiger partial charge in [0.1, 0.15) is 11.5 Å². The molecule has 1 atom stereocenters. The topological polar surface area (TPSA) is 74.7 Å². The first kappa shape index (κ1) is 20.1. The van der Waals surface area contributed by atoms with Crippen LogP contribution in [0.5, 0.6) is 11.5 Å². The van der Waals surface area contributed by atoms with Crippen LogP contribution in [0, 0.1) is 0 Å². The largest absolute Gasteiger partial charge is 0.457 e. The van der Waals surface area contributed by atoms with Crippen molar-refractivity contribution in [3.8, 4) is 11.5 Å². The lowest BCUT2D eigenvalue weighted by Gasteiger charge is -2.22. The molecule has 1 amide bonds. The summed E-state index contributed by atoms with van der Waals surface area (Å²) in [5.41, 5.74) is 0.452. The van der Waals surface area contributed by atoms with Gasteiger partial charge in [-0.05, 0) is 48.4 Å². The summed E-state index contributed by atoms with van der Waals surface area (Å²) >= 11 is 0. The molecule has 3 aromatic rings. The molecule has 0 radical (unpaired) electrons. The van der Waals surface area contributed by atoms with E-state index in [1.54, 1.807) is 6.20 Å².